The van der Waals surface area contributed by atoms with Crippen molar-refractivity contribution >= 4 is 11.8 Å². The predicted molar refractivity (Wildman–Crippen MR) is 86.3 cm³/mol. The Kier molecular flexibility index (Phi) is 5.04. The number of amides is 2. The first-order valence-corrected chi connectivity index (χ1v) is 9.30. The van der Waals surface area contributed by atoms with Gasteiger partial charge < -0.3 is 9.80 Å². The molecule has 22 heavy (non-hydrogen) atoms. The summed E-state index contributed by atoms with van der Waals surface area (Å²) in [5.41, 5.74) is 0. The SMILES string of the molecule is CC[C@@H]1CCCCCN1C(=O)[C@H]1CCCN(C(=O)C2CC2)C1. The molecule has 4 heteroatoms. The fourth-order valence-electron chi connectivity index (χ4n) is 4.09. The summed E-state index contributed by atoms with van der Waals surface area (Å²) in [7, 11) is 0. The molecule has 2 amide bonds. The molecule has 0 spiro atoms. The largest absolute Gasteiger partial charge is 0.342 e. The first kappa shape index (κ1) is 15.8. The molecular weight excluding hydrogens is 276 g/mol. The molecular formula is C18H30N2O2. The molecule has 4 nitrogen and oxygen atoms in total. The zero-order valence-electron chi connectivity index (χ0n) is 13.9. The van der Waals surface area contributed by atoms with Crippen molar-refractivity contribution in [2.45, 2.75) is 70.8 Å². The second-order valence-electron chi connectivity index (χ2n) is 7.34. The fraction of sp³-hybridized carbons (Fsp3) is 0.889. The Bertz CT molecular complexity index is 419. The van der Waals surface area contributed by atoms with Crippen molar-refractivity contribution in [2.75, 3.05) is 19.6 Å². The summed E-state index contributed by atoms with van der Waals surface area (Å²) < 4.78 is 0. The van der Waals surface area contributed by atoms with Crippen LogP contribution >= 0.6 is 0 Å². The van der Waals surface area contributed by atoms with Crippen LogP contribution in [0.2, 0.25) is 0 Å². The average molecular weight is 306 g/mol. The lowest BCUT2D eigenvalue weighted by Crippen LogP contribution is -2.49. The number of hydrogen-bond donors (Lipinski definition) is 0. The maximum atomic E-state index is 13.0. The molecule has 0 N–H and O–H groups in total. The van der Waals surface area contributed by atoms with Gasteiger partial charge >= 0.3 is 0 Å². The Labute approximate surface area is 134 Å². The molecule has 3 fully saturated rings. The van der Waals surface area contributed by atoms with Crippen LogP contribution < -0.4 is 0 Å². The maximum Gasteiger partial charge on any atom is 0.227 e. The summed E-state index contributed by atoms with van der Waals surface area (Å²) in [5, 5.41) is 0. The van der Waals surface area contributed by atoms with Crippen LogP contribution in [-0.4, -0.2) is 47.3 Å². The van der Waals surface area contributed by atoms with Crippen LogP contribution in [0.5, 0.6) is 0 Å². The van der Waals surface area contributed by atoms with Crippen LogP contribution in [0.4, 0.5) is 0 Å². The van der Waals surface area contributed by atoms with Crippen LogP contribution in [0.15, 0.2) is 0 Å². The Morgan fingerprint density at radius 3 is 2.41 bits per heavy atom. The van der Waals surface area contributed by atoms with E-state index in [-0.39, 0.29) is 11.8 Å². The maximum absolute atomic E-state index is 13.0. The number of hydrogen-bond acceptors (Lipinski definition) is 2. The van der Waals surface area contributed by atoms with Crippen LogP contribution in [-0.2, 0) is 9.59 Å². The van der Waals surface area contributed by atoms with Gasteiger partial charge in [-0.05, 0) is 44.9 Å². The Balaban J connectivity index is 1.63. The second-order valence-corrected chi connectivity index (χ2v) is 7.34. The van der Waals surface area contributed by atoms with Crippen LogP contribution in [0.25, 0.3) is 0 Å². The fourth-order valence-corrected chi connectivity index (χ4v) is 4.09. The van der Waals surface area contributed by atoms with E-state index < -0.39 is 0 Å². The van der Waals surface area contributed by atoms with Gasteiger partial charge in [0.05, 0.1) is 5.92 Å². The minimum atomic E-state index is 0.0450. The van der Waals surface area contributed by atoms with Gasteiger partial charge in [-0.15, -0.1) is 0 Å². The molecule has 0 radical (unpaired) electrons. The smallest absolute Gasteiger partial charge is 0.227 e. The van der Waals surface area contributed by atoms with Crippen LogP contribution in [0.1, 0.15) is 64.7 Å². The van der Waals surface area contributed by atoms with E-state index in [4.69, 9.17) is 0 Å². The highest BCUT2D eigenvalue weighted by atomic mass is 16.2. The molecule has 124 valence electrons. The van der Waals surface area contributed by atoms with Crippen molar-refractivity contribution < 1.29 is 9.59 Å². The molecule has 1 saturated carbocycles. The Hall–Kier alpha value is -1.06. The van der Waals surface area contributed by atoms with E-state index in [2.05, 4.69) is 11.8 Å². The molecule has 0 aromatic heterocycles. The van der Waals surface area contributed by atoms with Crippen LogP contribution in [0.3, 0.4) is 0 Å². The van der Waals surface area contributed by atoms with Crippen molar-refractivity contribution in [3.8, 4) is 0 Å². The van der Waals surface area contributed by atoms with Crippen molar-refractivity contribution in [3.63, 3.8) is 0 Å². The van der Waals surface area contributed by atoms with Crippen molar-refractivity contribution in [1.29, 1.82) is 0 Å². The molecule has 1 aliphatic carbocycles. The zero-order valence-corrected chi connectivity index (χ0v) is 13.9. The molecule has 2 saturated heterocycles. The van der Waals surface area contributed by atoms with Gasteiger partial charge in [0.1, 0.15) is 0 Å². The molecule has 0 bridgehead atoms. The third-order valence-electron chi connectivity index (χ3n) is 5.64. The number of likely N-dealkylation sites (tertiary alicyclic amines) is 2. The lowest BCUT2D eigenvalue weighted by molar-refractivity contribution is -0.143. The standard InChI is InChI=1S/C18H30N2O2/c1-2-16-8-4-3-5-12-20(16)18(22)15-7-6-11-19(13-15)17(21)14-9-10-14/h14-16H,2-13H2,1H3/t15-,16+/m0/s1. The van der Waals surface area contributed by atoms with E-state index in [1.54, 1.807) is 0 Å². The van der Waals surface area contributed by atoms with E-state index >= 15 is 0 Å². The van der Waals surface area contributed by atoms with Gasteiger partial charge in [-0.3, -0.25) is 9.59 Å². The van der Waals surface area contributed by atoms with Gasteiger partial charge in [-0.1, -0.05) is 19.8 Å². The number of carbonyl (C=O) groups is 2. The Morgan fingerprint density at radius 1 is 0.864 bits per heavy atom. The van der Waals surface area contributed by atoms with Crippen molar-refractivity contribution in [1.82, 2.24) is 9.80 Å². The van der Waals surface area contributed by atoms with Crippen molar-refractivity contribution in [3.05, 3.63) is 0 Å². The van der Waals surface area contributed by atoms with Crippen molar-refractivity contribution in [2.24, 2.45) is 11.8 Å². The van der Waals surface area contributed by atoms with E-state index in [1.165, 1.54) is 12.8 Å². The molecule has 0 unspecified atom stereocenters. The summed E-state index contributed by atoms with van der Waals surface area (Å²) in [6.07, 6.45) is 9.90. The third kappa shape index (κ3) is 3.47. The van der Waals surface area contributed by atoms with Gasteiger partial charge in [0.2, 0.25) is 11.8 Å². The zero-order chi connectivity index (χ0) is 15.5. The van der Waals surface area contributed by atoms with Gasteiger partial charge in [0.25, 0.3) is 0 Å². The van der Waals surface area contributed by atoms with E-state index in [0.29, 0.717) is 24.4 Å². The monoisotopic (exact) mass is 306 g/mol. The Morgan fingerprint density at radius 2 is 1.68 bits per heavy atom. The van der Waals surface area contributed by atoms with Gasteiger partial charge in [-0.2, -0.15) is 0 Å². The third-order valence-corrected chi connectivity index (χ3v) is 5.64. The summed E-state index contributed by atoms with van der Waals surface area (Å²) in [4.78, 5) is 29.4. The first-order valence-electron chi connectivity index (χ1n) is 9.30. The normalized spacial score (nSPS) is 30.0. The highest BCUT2D eigenvalue weighted by Crippen LogP contribution is 2.33. The van der Waals surface area contributed by atoms with E-state index in [0.717, 1.165) is 58.0 Å². The molecule has 0 aromatic rings. The number of piperidine rings is 1. The van der Waals surface area contributed by atoms with E-state index in [9.17, 15) is 9.59 Å². The highest BCUT2D eigenvalue weighted by Gasteiger charge is 2.38. The van der Waals surface area contributed by atoms with Gasteiger partial charge in [0, 0.05) is 31.6 Å². The molecule has 2 heterocycles. The topological polar surface area (TPSA) is 40.6 Å². The van der Waals surface area contributed by atoms with Gasteiger partial charge in [0.15, 0.2) is 0 Å². The minimum Gasteiger partial charge on any atom is -0.342 e. The summed E-state index contributed by atoms with van der Waals surface area (Å²) in [6, 6.07) is 0.421. The quantitative estimate of drug-likeness (QED) is 0.804. The lowest BCUT2D eigenvalue weighted by atomic mass is 9.95. The first-order chi connectivity index (χ1) is 10.7. The second kappa shape index (κ2) is 7.01. The minimum absolute atomic E-state index is 0.0450. The molecule has 2 aliphatic heterocycles. The highest BCUT2D eigenvalue weighted by molar-refractivity contribution is 5.83. The summed E-state index contributed by atoms with van der Waals surface area (Å²) >= 11 is 0. The number of nitrogens with zero attached hydrogens (tertiary/aromatic N) is 2. The lowest BCUT2D eigenvalue weighted by Gasteiger charge is -2.37. The van der Waals surface area contributed by atoms with Crippen LogP contribution in [0, 0.1) is 11.8 Å². The molecule has 0 aromatic carbocycles. The molecule has 3 rings (SSSR count). The molecule has 3 aliphatic rings. The predicted octanol–water partition coefficient (Wildman–Crippen LogP) is 2.82. The number of rotatable bonds is 3. The van der Waals surface area contributed by atoms with E-state index in [1.807, 2.05) is 4.90 Å². The molecule has 2 atom stereocenters. The average Bonchev–Trinajstić information content (AvgIpc) is 3.39. The van der Waals surface area contributed by atoms with Gasteiger partial charge in [-0.25, -0.2) is 0 Å². The summed E-state index contributed by atoms with van der Waals surface area (Å²) in [5.74, 6) is 0.946. The summed E-state index contributed by atoms with van der Waals surface area (Å²) in [6.45, 7) is 4.64. The number of carbonyl (C=O) groups excluding carboxylic acids is 2.